The SMILES string of the molecule is CCCC(CCC)C(=O)O.[NaH]. The molecule has 0 heterocycles. The third kappa shape index (κ3) is 6.85. The first-order valence-electron chi connectivity index (χ1n) is 3.95. The molecule has 3 heteroatoms. The summed E-state index contributed by atoms with van der Waals surface area (Å²) in [6, 6.07) is 0. The number of aliphatic carboxylic acids is 1. The van der Waals surface area contributed by atoms with Crippen LogP contribution in [0.3, 0.4) is 0 Å². The standard InChI is InChI=1S/C8H16O2.Na.H/c1-3-5-7(6-4-2)8(9)10;;/h7H,3-6H2,1-2H3,(H,9,10);;. The van der Waals surface area contributed by atoms with Gasteiger partial charge >= 0.3 is 35.5 Å². The molecule has 0 saturated heterocycles. The molecular weight excluding hydrogens is 151 g/mol. The van der Waals surface area contributed by atoms with Crippen molar-refractivity contribution in [3.05, 3.63) is 0 Å². The number of carboxylic acids is 1. The van der Waals surface area contributed by atoms with Crippen LogP contribution in [0.25, 0.3) is 0 Å². The van der Waals surface area contributed by atoms with Gasteiger partial charge in [0.05, 0.1) is 5.92 Å². The van der Waals surface area contributed by atoms with E-state index in [0.29, 0.717) is 0 Å². The molecule has 1 N–H and O–H groups in total. The third-order valence-corrected chi connectivity index (χ3v) is 1.62. The normalized spacial score (nSPS) is 9.36. The van der Waals surface area contributed by atoms with E-state index in [1.165, 1.54) is 0 Å². The molecule has 0 spiro atoms. The van der Waals surface area contributed by atoms with Crippen molar-refractivity contribution in [1.82, 2.24) is 0 Å². The second-order valence-corrected chi connectivity index (χ2v) is 2.61. The Hall–Kier alpha value is 0.470. The number of carboxylic acid groups (broad SMARTS) is 1. The van der Waals surface area contributed by atoms with Crippen molar-refractivity contribution < 1.29 is 9.90 Å². The molecule has 0 aromatic heterocycles. The van der Waals surface area contributed by atoms with Gasteiger partial charge in [-0.05, 0) is 12.8 Å². The molecule has 0 fully saturated rings. The molecule has 0 aromatic rings. The van der Waals surface area contributed by atoms with Crippen LogP contribution in [-0.2, 0) is 4.79 Å². The van der Waals surface area contributed by atoms with Gasteiger partial charge in [-0.2, -0.15) is 0 Å². The topological polar surface area (TPSA) is 37.3 Å². The summed E-state index contributed by atoms with van der Waals surface area (Å²) < 4.78 is 0. The van der Waals surface area contributed by atoms with Gasteiger partial charge in [0.1, 0.15) is 0 Å². The summed E-state index contributed by atoms with van der Waals surface area (Å²) in [7, 11) is 0. The van der Waals surface area contributed by atoms with Crippen molar-refractivity contribution in [2.45, 2.75) is 39.5 Å². The minimum absolute atomic E-state index is 0. The van der Waals surface area contributed by atoms with Crippen LogP contribution < -0.4 is 0 Å². The molecule has 0 aliphatic rings. The fourth-order valence-electron chi connectivity index (χ4n) is 1.09. The molecule has 0 unspecified atom stereocenters. The second kappa shape index (κ2) is 8.57. The van der Waals surface area contributed by atoms with Crippen LogP contribution >= 0.6 is 0 Å². The zero-order chi connectivity index (χ0) is 7.98. The van der Waals surface area contributed by atoms with Gasteiger partial charge in [-0.15, -0.1) is 0 Å². The number of carbonyl (C=O) groups is 1. The van der Waals surface area contributed by atoms with E-state index >= 15 is 0 Å². The predicted molar refractivity (Wildman–Crippen MR) is 48.1 cm³/mol. The van der Waals surface area contributed by atoms with Gasteiger partial charge in [-0.25, -0.2) is 0 Å². The van der Waals surface area contributed by atoms with Gasteiger partial charge in [-0.1, -0.05) is 26.7 Å². The molecule has 2 nitrogen and oxygen atoms in total. The van der Waals surface area contributed by atoms with E-state index in [4.69, 9.17) is 5.11 Å². The van der Waals surface area contributed by atoms with Crippen molar-refractivity contribution in [3.63, 3.8) is 0 Å². The Bertz CT molecular complexity index is 98.3. The Morgan fingerprint density at radius 1 is 1.27 bits per heavy atom. The summed E-state index contributed by atoms with van der Waals surface area (Å²) in [6.07, 6.45) is 3.58. The van der Waals surface area contributed by atoms with Crippen molar-refractivity contribution in [2.75, 3.05) is 0 Å². The Labute approximate surface area is 90.7 Å². The van der Waals surface area contributed by atoms with Crippen LogP contribution in [0.5, 0.6) is 0 Å². The molecule has 0 aliphatic heterocycles. The molecule has 0 atom stereocenters. The second-order valence-electron chi connectivity index (χ2n) is 2.61. The maximum absolute atomic E-state index is 10.5. The fraction of sp³-hybridized carbons (Fsp3) is 0.875. The molecule has 11 heavy (non-hydrogen) atoms. The summed E-state index contributed by atoms with van der Waals surface area (Å²) in [4.78, 5) is 10.5. The van der Waals surface area contributed by atoms with Crippen molar-refractivity contribution in [2.24, 2.45) is 5.92 Å². The van der Waals surface area contributed by atoms with E-state index < -0.39 is 5.97 Å². The maximum atomic E-state index is 10.5. The summed E-state index contributed by atoms with van der Waals surface area (Å²) >= 11 is 0. The van der Waals surface area contributed by atoms with Crippen LogP contribution in [0.4, 0.5) is 0 Å². The van der Waals surface area contributed by atoms with Gasteiger partial charge in [0.2, 0.25) is 0 Å². The molecule has 0 aliphatic carbocycles. The Kier molecular flexibility index (Phi) is 10.9. The molecule has 0 aromatic carbocycles. The average Bonchev–Trinajstić information content (AvgIpc) is 1.87. The number of hydrogen-bond acceptors (Lipinski definition) is 1. The van der Waals surface area contributed by atoms with Gasteiger partial charge in [0, 0.05) is 0 Å². The first-order chi connectivity index (χ1) is 4.72. The predicted octanol–water partition coefficient (Wildman–Crippen LogP) is 1.64. The summed E-state index contributed by atoms with van der Waals surface area (Å²) in [5.41, 5.74) is 0. The monoisotopic (exact) mass is 168 g/mol. The van der Waals surface area contributed by atoms with Crippen LogP contribution in [0, 0.1) is 5.92 Å². The van der Waals surface area contributed by atoms with Crippen molar-refractivity contribution in [1.29, 1.82) is 0 Å². The first kappa shape index (κ1) is 14.0. The van der Waals surface area contributed by atoms with Gasteiger partial charge < -0.3 is 5.11 Å². The molecule has 0 bridgehead atoms. The molecule has 0 radical (unpaired) electrons. The first-order valence-corrected chi connectivity index (χ1v) is 3.95. The van der Waals surface area contributed by atoms with E-state index in [2.05, 4.69) is 0 Å². The van der Waals surface area contributed by atoms with Gasteiger partial charge in [-0.3, -0.25) is 4.79 Å². The van der Waals surface area contributed by atoms with Gasteiger partial charge in [0.25, 0.3) is 0 Å². The quantitative estimate of drug-likeness (QED) is 0.633. The van der Waals surface area contributed by atoms with Crippen LogP contribution in [0.2, 0.25) is 0 Å². The summed E-state index contributed by atoms with van der Waals surface area (Å²) in [6.45, 7) is 4.04. The average molecular weight is 168 g/mol. The zero-order valence-corrected chi connectivity index (χ0v) is 6.76. The molecule has 0 rings (SSSR count). The fourth-order valence-corrected chi connectivity index (χ4v) is 1.09. The molecule has 62 valence electrons. The number of rotatable bonds is 5. The molecule has 0 saturated carbocycles. The van der Waals surface area contributed by atoms with E-state index in [1.54, 1.807) is 0 Å². The van der Waals surface area contributed by atoms with E-state index in [0.717, 1.165) is 25.7 Å². The summed E-state index contributed by atoms with van der Waals surface area (Å²) in [5, 5.41) is 8.64. The molecular formula is C8H17NaO2. The van der Waals surface area contributed by atoms with Crippen molar-refractivity contribution >= 4 is 35.5 Å². The van der Waals surface area contributed by atoms with Crippen LogP contribution in [0.1, 0.15) is 39.5 Å². The number of hydrogen-bond donors (Lipinski definition) is 1. The minimum atomic E-state index is -0.635. The summed E-state index contributed by atoms with van der Waals surface area (Å²) in [5.74, 6) is -0.737. The zero-order valence-electron chi connectivity index (χ0n) is 6.76. The van der Waals surface area contributed by atoms with E-state index in [9.17, 15) is 4.79 Å². The Balaban J connectivity index is 0. The Morgan fingerprint density at radius 3 is 1.82 bits per heavy atom. The van der Waals surface area contributed by atoms with Gasteiger partial charge in [0.15, 0.2) is 0 Å². The van der Waals surface area contributed by atoms with E-state index in [-0.39, 0.29) is 35.5 Å². The van der Waals surface area contributed by atoms with Crippen LogP contribution in [0.15, 0.2) is 0 Å². The third-order valence-electron chi connectivity index (χ3n) is 1.62. The van der Waals surface area contributed by atoms with Crippen molar-refractivity contribution in [3.8, 4) is 0 Å². The molecule has 0 amide bonds. The van der Waals surface area contributed by atoms with E-state index in [1.807, 2.05) is 13.8 Å². The Morgan fingerprint density at radius 2 is 1.64 bits per heavy atom. The van der Waals surface area contributed by atoms with Crippen LogP contribution in [-0.4, -0.2) is 40.6 Å².